The van der Waals surface area contributed by atoms with Gasteiger partial charge in [-0.3, -0.25) is 10.1 Å². The molecule has 0 atom stereocenters. The van der Waals surface area contributed by atoms with E-state index < -0.39 is 20.9 Å². The zero-order valence-corrected chi connectivity index (χ0v) is 18.4. The fraction of sp³-hybridized carbons (Fsp3) is 0.0952. The van der Waals surface area contributed by atoms with Gasteiger partial charge in [-0.2, -0.15) is 0 Å². The molecule has 0 aliphatic carbocycles. The van der Waals surface area contributed by atoms with Gasteiger partial charge in [0.15, 0.2) is 0 Å². The van der Waals surface area contributed by atoms with Crippen molar-refractivity contribution in [1.82, 2.24) is 0 Å². The Morgan fingerprint density at radius 1 is 0.970 bits per heavy atom. The molecule has 172 valence electrons. The van der Waals surface area contributed by atoms with E-state index >= 15 is 0 Å². The first kappa shape index (κ1) is 24.0. The third-order valence-corrected chi connectivity index (χ3v) is 5.34. The minimum atomic E-state index is -3.78. The highest BCUT2D eigenvalue weighted by Gasteiger charge is 2.17. The molecule has 10 nitrogen and oxygen atoms in total. The number of hydrogen-bond acceptors (Lipinski definition) is 8. The fourth-order valence-electron chi connectivity index (χ4n) is 2.61. The van der Waals surface area contributed by atoms with E-state index in [1.807, 2.05) is 0 Å². The molecule has 0 amide bonds. The summed E-state index contributed by atoms with van der Waals surface area (Å²) >= 11 is 5.78. The minimum absolute atomic E-state index is 0.00831. The van der Waals surface area contributed by atoms with Crippen LogP contribution in [0.25, 0.3) is 0 Å². The van der Waals surface area contributed by atoms with Crippen molar-refractivity contribution >= 4 is 33.3 Å². The van der Waals surface area contributed by atoms with E-state index in [0.717, 1.165) is 0 Å². The fourth-order valence-corrected chi connectivity index (χ4v) is 3.29. The number of carbonyl (C=O) groups excluding carboxylic acids is 1. The van der Waals surface area contributed by atoms with Crippen molar-refractivity contribution in [3.8, 4) is 17.2 Å². The minimum Gasteiger partial charge on any atom is -0.490 e. The van der Waals surface area contributed by atoms with Gasteiger partial charge >= 0.3 is 11.7 Å². The SMILES string of the molecule is NS(=O)(=O)c1ccc(OCCOC(=O)c2ccc(Oc3ccc(Cl)cc3[N+](=O)[O-])cc2)cc1. The maximum atomic E-state index is 12.2. The second kappa shape index (κ2) is 10.3. The summed E-state index contributed by atoms with van der Waals surface area (Å²) in [6, 6.07) is 15.3. The van der Waals surface area contributed by atoms with Crippen LogP contribution in [0.2, 0.25) is 5.02 Å². The largest absolute Gasteiger partial charge is 0.490 e. The molecule has 0 aliphatic rings. The van der Waals surface area contributed by atoms with Crippen molar-refractivity contribution < 1.29 is 32.3 Å². The molecule has 33 heavy (non-hydrogen) atoms. The number of nitrogens with two attached hydrogens (primary N) is 1. The van der Waals surface area contributed by atoms with Gasteiger partial charge in [-0.25, -0.2) is 18.4 Å². The first-order chi connectivity index (χ1) is 15.6. The lowest BCUT2D eigenvalue weighted by atomic mass is 10.2. The Labute approximate surface area is 193 Å². The van der Waals surface area contributed by atoms with E-state index in [4.69, 9.17) is 31.0 Å². The van der Waals surface area contributed by atoms with Crippen LogP contribution in [0.4, 0.5) is 5.69 Å². The Bertz CT molecular complexity index is 1260. The molecular formula is C21H17ClN2O8S. The van der Waals surface area contributed by atoms with Crippen LogP contribution < -0.4 is 14.6 Å². The Hall–Kier alpha value is -3.67. The molecule has 0 fully saturated rings. The van der Waals surface area contributed by atoms with Crippen molar-refractivity contribution in [1.29, 1.82) is 0 Å². The molecule has 3 aromatic carbocycles. The standard InChI is InChI=1S/C21H17ClN2O8S/c22-15-3-10-20(19(13-15)24(26)27)32-17-4-1-14(2-5-17)21(25)31-12-11-30-16-6-8-18(9-7-16)33(23,28)29/h1-10,13H,11-12H2,(H2,23,28,29). The normalized spacial score (nSPS) is 11.0. The number of nitro groups is 1. The van der Waals surface area contributed by atoms with Crippen LogP contribution in [-0.2, 0) is 14.8 Å². The maximum absolute atomic E-state index is 12.2. The molecule has 0 aromatic heterocycles. The number of carbonyl (C=O) groups is 1. The number of primary sulfonamides is 1. The average molecular weight is 493 g/mol. The number of nitro benzene ring substituents is 1. The van der Waals surface area contributed by atoms with E-state index in [1.165, 1.54) is 66.7 Å². The van der Waals surface area contributed by atoms with Crippen molar-refractivity contribution in [2.45, 2.75) is 4.90 Å². The number of sulfonamides is 1. The molecule has 0 radical (unpaired) electrons. The summed E-state index contributed by atoms with van der Waals surface area (Å²) in [6.45, 7) is -0.00706. The zero-order valence-electron chi connectivity index (χ0n) is 16.8. The number of nitrogens with zero attached hydrogens (tertiary/aromatic N) is 1. The highest BCUT2D eigenvalue weighted by Crippen LogP contribution is 2.33. The molecule has 12 heteroatoms. The molecule has 0 saturated carbocycles. The monoisotopic (exact) mass is 492 g/mol. The molecular weight excluding hydrogens is 476 g/mol. The molecule has 0 aliphatic heterocycles. The number of esters is 1. The Kier molecular flexibility index (Phi) is 7.48. The maximum Gasteiger partial charge on any atom is 0.338 e. The molecule has 0 spiro atoms. The predicted molar refractivity (Wildman–Crippen MR) is 118 cm³/mol. The smallest absolute Gasteiger partial charge is 0.338 e. The first-order valence-corrected chi connectivity index (χ1v) is 11.2. The average Bonchev–Trinajstić information content (AvgIpc) is 2.78. The predicted octanol–water partition coefficient (Wildman–Crippen LogP) is 3.92. The summed E-state index contributed by atoms with van der Waals surface area (Å²) in [7, 11) is -3.78. The van der Waals surface area contributed by atoms with Crippen LogP contribution in [0.1, 0.15) is 10.4 Å². The number of benzene rings is 3. The van der Waals surface area contributed by atoms with Crippen molar-refractivity contribution in [2.24, 2.45) is 5.14 Å². The van der Waals surface area contributed by atoms with Crippen molar-refractivity contribution in [3.05, 3.63) is 87.4 Å². The van der Waals surface area contributed by atoms with E-state index in [1.54, 1.807) is 0 Å². The molecule has 0 unspecified atom stereocenters. The van der Waals surface area contributed by atoms with Gasteiger partial charge in [0.05, 0.1) is 15.4 Å². The lowest BCUT2D eigenvalue weighted by molar-refractivity contribution is -0.385. The van der Waals surface area contributed by atoms with Crippen LogP contribution in [0.15, 0.2) is 71.6 Å². The first-order valence-electron chi connectivity index (χ1n) is 9.28. The van der Waals surface area contributed by atoms with Crippen LogP contribution in [0.5, 0.6) is 17.2 Å². The summed E-state index contributed by atoms with van der Waals surface area (Å²) in [6.07, 6.45) is 0. The Morgan fingerprint density at radius 2 is 1.61 bits per heavy atom. The van der Waals surface area contributed by atoms with Gasteiger partial charge in [0.2, 0.25) is 15.8 Å². The van der Waals surface area contributed by atoms with E-state index in [-0.39, 0.29) is 45.9 Å². The summed E-state index contributed by atoms with van der Waals surface area (Å²) in [5.74, 6) is 0.0701. The summed E-state index contributed by atoms with van der Waals surface area (Å²) in [5, 5.41) is 16.4. The second-order valence-corrected chi connectivity index (χ2v) is 8.49. The van der Waals surface area contributed by atoms with Gasteiger partial charge in [-0.1, -0.05) is 11.6 Å². The molecule has 3 rings (SSSR count). The molecule has 0 saturated heterocycles. The lowest BCUT2D eigenvalue weighted by Gasteiger charge is -2.09. The number of hydrogen-bond donors (Lipinski definition) is 1. The third-order valence-electron chi connectivity index (χ3n) is 4.17. The molecule has 0 bridgehead atoms. The highest BCUT2D eigenvalue weighted by molar-refractivity contribution is 7.89. The van der Waals surface area contributed by atoms with E-state index in [0.29, 0.717) is 5.75 Å². The van der Waals surface area contributed by atoms with Gasteiger partial charge in [0.1, 0.15) is 24.7 Å². The van der Waals surface area contributed by atoms with Crippen LogP contribution in [-0.4, -0.2) is 32.5 Å². The van der Waals surface area contributed by atoms with Gasteiger partial charge in [-0.15, -0.1) is 0 Å². The van der Waals surface area contributed by atoms with Crippen LogP contribution >= 0.6 is 11.6 Å². The van der Waals surface area contributed by atoms with Gasteiger partial charge in [0.25, 0.3) is 0 Å². The number of ether oxygens (including phenoxy) is 3. The topological polar surface area (TPSA) is 148 Å². The molecule has 2 N–H and O–H groups in total. The van der Waals surface area contributed by atoms with Gasteiger partial charge < -0.3 is 14.2 Å². The summed E-state index contributed by atoms with van der Waals surface area (Å²) in [5.41, 5.74) is -0.0456. The van der Waals surface area contributed by atoms with Gasteiger partial charge in [0, 0.05) is 11.1 Å². The zero-order chi connectivity index (χ0) is 24.0. The third kappa shape index (κ3) is 6.65. The van der Waals surface area contributed by atoms with E-state index in [9.17, 15) is 23.3 Å². The van der Waals surface area contributed by atoms with Gasteiger partial charge in [-0.05, 0) is 60.7 Å². The quantitative estimate of drug-likeness (QED) is 0.204. The summed E-state index contributed by atoms with van der Waals surface area (Å²) in [4.78, 5) is 22.7. The second-order valence-electron chi connectivity index (χ2n) is 6.50. The highest BCUT2D eigenvalue weighted by atomic mass is 35.5. The Balaban J connectivity index is 1.51. The number of rotatable bonds is 9. The Morgan fingerprint density at radius 3 is 2.21 bits per heavy atom. The molecule has 0 heterocycles. The van der Waals surface area contributed by atoms with Crippen molar-refractivity contribution in [2.75, 3.05) is 13.2 Å². The molecule has 3 aromatic rings. The lowest BCUT2D eigenvalue weighted by Crippen LogP contribution is -2.13. The summed E-state index contributed by atoms with van der Waals surface area (Å²) < 4.78 is 38.5. The van der Waals surface area contributed by atoms with Crippen LogP contribution in [0, 0.1) is 10.1 Å². The van der Waals surface area contributed by atoms with Crippen molar-refractivity contribution in [3.63, 3.8) is 0 Å². The van der Waals surface area contributed by atoms with E-state index in [2.05, 4.69) is 0 Å². The number of halogens is 1. The van der Waals surface area contributed by atoms with Crippen LogP contribution in [0.3, 0.4) is 0 Å².